The molecule has 0 aliphatic heterocycles. The number of hydrogen-bond donors (Lipinski definition) is 0. The van der Waals surface area contributed by atoms with E-state index in [0.717, 1.165) is 6.07 Å². The van der Waals surface area contributed by atoms with E-state index in [1.54, 1.807) is 0 Å². The number of nitrogens with zero attached hydrogens (tertiary/aromatic N) is 2. The van der Waals surface area contributed by atoms with Crippen molar-refractivity contribution in [3.05, 3.63) is 39.8 Å². The SMILES string of the molecule is CCOC(=O)Cn1nc(CCC(F)(F)F)c2cc(C(F)(F)F)ccc2c1=O. The number of ether oxygens (including phenoxy) is 1. The van der Waals surface area contributed by atoms with Crippen LogP contribution in [0.5, 0.6) is 0 Å². The van der Waals surface area contributed by atoms with E-state index in [4.69, 9.17) is 0 Å². The van der Waals surface area contributed by atoms with Crippen LogP contribution < -0.4 is 5.56 Å². The van der Waals surface area contributed by atoms with E-state index in [-0.39, 0.29) is 23.1 Å². The van der Waals surface area contributed by atoms with Crippen molar-refractivity contribution in [2.24, 2.45) is 0 Å². The second-order valence-electron chi connectivity index (χ2n) is 5.59. The maximum Gasteiger partial charge on any atom is 0.416 e. The highest BCUT2D eigenvalue weighted by atomic mass is 19.4. The molecule has 27 heavy (non-hydrogen) atoms. The molecular formula is C16H14F6N2O3. The normalized spacial score (nSPS) is 12.4. The third-order valence-corrected chi connectivity index (χ3v) is 3.59. The Balaban J connectivity index is 2.61. The molecule has 0 aliphatic carbocycles. The third kappa shape index (κ3) is 5.20. The lowest BCUT2D eigenvalue weighted by atomic mass is 10.0. The lowest BCUT2D eigenvalue weighted by molar-refractivity contribution is -0.144. The van der Waals surface area contributed by atoms with Gasteiger partial charge in [-0.05, 0) is 25.1 Å². The van der Waals surface area contributed by atoms with Crippen molar-refractivity contribution >= 4 is 16.7 Å². The first-order chi connectivity index (χ1) is 12.4. The highest BCUT2D eigenvalue weighted by Gasteiger charge is 2.32. The smallest absolute Gasteiger partial charge is 0.416 e. The average Bonchev–Trinajstić information content (AvgIpc) is 2.54. The van der Waals surface area contributed by atoms with E-state index in [0.29, 0.717) is 16.8 Å². The van der Waals surface area contributed by atoms with E-state index < -0.39 is 48.8 Å². The van der Waals surface area contributed by atoms with Crippen molar-refractivity contribution in [1.82, 2.24) is 9.78 Å². The van der Waals surface area contributed by atoms with Crippen LogP contribution in [0.1, 0.15) is 24.6 Å². The zero-order chi connectivity index (χ0) is 20.4. The highest BCUT2D eigenvalue weighted by molar-refractivity contribution is 5.84. The summed E-state index contributed by atoms with van der Waals surface area (Å²) in [5.74, 6) is -0.847. The van der Waals surface area contributed by atoms with Gasteiger partial charge in [0.2, 0.25) is 0 Å². The number of esters is 1. The Bertz CT molecular complexity index is 902. The molecule has 0 amide bonds. The third-order valence-electron chi connectivity index (χ3n) is 3.59. The van der Waals surface area contributed by atoms with Crippen LogP contribution in [0.3, 0.4) is 0 Å². The number of benzene rings is 1. The molecule has 2 rings (SSSR count). The quantitative estimate of drug-likeness (QED) is 0.574. The van der Waals surface area contributed by atoms with Crippen molar-refractivity contribution in [1.29, 1.82) is 0 Å². The number of halogens is 6. The summed E-state index contributed by atoms with van der Waals surface area (Å²) in [6, 6.07) is 2.09. The number of aromatic nitrogens is 2. The number of carbonyl (C=O) groups excluding carboxylic acids is 1. The van der Waals surface area contributed by atoms with Crippen LogP contribution in [-0.4, -0.2) is 28.5 Å². The molecule has 0 bridgehead atoms. The van der Waals surface area contributed by atoms with Crippen LogP contribution in [0.4, 0.5) is 26.3 Å². The number of carbonyl (C=O) groups is 1. The van der Waals surface area contributed by atoms with E-state index in [1.165, 1.54) is 6.92 Å². The van der Waals surface area contributed by atoms with Crippen molar-refractivity contribution < 1.29 is 35.9 Å². The molecule has 0 fully saturated rings. The number of hydrogen-bond acceptors (Lipinski definition) is 4. The van der Waals surface area contributed by atoms with Crippen molar-refractivity contribution in [3.63, 3.8) is 0 Å². The van der Waals surface area contributed by atoms with Gasteiger partial charge in [-0.2, -0.15) is 31.4 Å². The molecule has 0 atom stereocenters. The largest absolute Gasteiger partial charge is 0.465 e. The molecular weight excluding hydrogens is 382 g/mol. The summed E-state index contributed by atoms with van der Waals surface area (Å²) in [6.07, 6.45) is -11.4. The summed E-state index contributed by atoms with van der Waals surface area (Å²) in [5.41, 5.74) is -2.38. The van der Waals surface area contributed by atoms with Gasteiger partial charge in [0.25, 0.3) is 5.56 Å². The number of aryl methyl sites for hydroxylation is 1. The topological polar surface area (TPSA) is 61.2 Å². The Morgan fingerprint density at radius 3 is 2.37 bits per heavy atom. The molecule has 0 spiro atoms. The molecule has 0 unspecified atom stereocenters. The van der Waals surface area contributed by atoms with Gasteiger partial charge in [-0.25, -0.2) is 4.68 Å². The van der Waals surface area contributed by atoms with Gasteiger partial charge in [0, 0.05) is 18.2 Å². The van der Waals surface area contributed by atoms with E-state index in [2.05, 4.69) is 9.84 Å². The molecule has 5 nitrogen and oxygen atoms in total. The van der Waals surface area contributed by atoms with Crippen LogP contribution in [0.2, 0.25) is 0 Å². The Morgan fingerprint density at radius 1 is 1.15 bits per heavy atom. The van der Waals surface area contributed by atoms with Crippen LogP contribution in [-0.2, 0) is 28.7 Å². The Hall–Kier alpha value is -2.59. The number of alkyl halides is 6. The zero-order valence-electron chi connectivity index (χ0n) is 13.9. The first-order valence-corrected chi connectivity index (χ1v) is 7.75. The van der Waals surface area contributed by atoms with Crippen molar-refractivity contribution in [2.45, 2.75) is 38.7 Å². The predicted octanol–water partition coefficient (Wildman–Crippen LogP) is 3.47. The molecule has 11 heteroatoms. The maximum absolute atomic E-state index is 12.9. The molecule has 0 radical (unpaired) electrons. The van der Waals surface area contributed by atoms with Crippen LogP contribution >= 0.6 is 0 Å². The fourth-order valence-corrected chi connectivity index (χ4v) is 2.41. The summed E-state index contributed by atoms with van der Waals surface area (Å²) in [7, 11) is 0. The fraction of sp³-hybridized carbons (Fsp3) is 0.438. The second kappa shape index (κ2) is 7.57. The molecule has 1 aromatic carbocycles. The summed E-state index contributed by atoms with van der Waals surface area (Å²) in [5, 5.41) is 3.09. The van der Waals surface area contributed by atoms with Crippen LogP contribution in [0.25, 0.3) is 10.8 Å². The van der Waals surface area contributed by atoms with E-state index in [9.17, 15) is 35.9 Å². The Labute approximate surface area is 148 Å². The standard InChI is InChI=1S/C16H14F6N2O3/c1-2-27-13(25)8-24-14(26)10-4-3-9(16(20,21)22)7-11(10)12(23-24)5-6-15(17,18)19/h3-4,7H,2,5-6,8H2,1H3. The summed E-state index contributed by atoms with van der Waals surface area (Å²) < 4.78 is 81.7. The second-order valence-corrected chi connectivity index (χ2v) is 5.59. The number of fused-ring (bicyclic) bond motifs is 1. The summed E-state index contributed by atoms with van der Waals surface area (Å²) in [4.78, 5) is 23.9. The molecule has 1 aromatic heterocycles. The van der Waals surface area contributed by atoms with Crippen LogP contribution in [0.15, 0.2) is 23.0 Å². The lowest BCUT2D eigenvalue weighted by Gasteiger charge is -2.13. The zero-order valence-corrected chi connectivity index (χ0v) is 13.9. The lowest BCUT2D eigenvalue weighted by Crippen LogP contribution is -2.29. The van der Waals surface area contributed by atoms with Crippen LogP contribution in [0, 0.1) is 0 Å². The minimum Gasteiger partial charge on any atom is -0.465 e. The first-order valence-electron chi connectivity index (χ1n) is 7.75. The minimum atomic E-state index is -4.74. The van der Waals surface area contributed by atoms with Gasteiger partial charge in [-0.15, -0.1) is 0 Å². The molecule has 1 heterocycles. The van der Waals surface area contributed by atoms with Gasteiger partial charge in [-0.1, -0.05) is 0 Å². The van der Waals surface area contributed by atoms with Gasteiger partial charge >= 0.3 is 18.3 Å². The fourth-order valence-electron chi connectivity index (χ4n) is 2.41. The Morgan fingerprint density at radius 2 is 1.81 bits per heavy atom. The van der Waals surface area contributed by atoms with Gasteiger partial charge in [0.15, 0.2) is 0 Å². The van der Waals surface area contributed by atoms with Gasteiger partial charge in [0.1, 0.15) is 6.54 Å². The molecule has 0 aliphatic rings. The first kappa shape index (κ1) is 20.7. The molecule has 0 N–H and O–H groups in total. The molecule has 148 valence electrons. The van der Waals surface area contributed by atoms with Gasteiger partial charge in [-0.3, -0.25) is 9.59 Å². The van der Waals surface area contributed by atoms with Crippen molar-refractivity contribution in [2.75, 3.05) is 6.61 Å². The Kier molecular flexibility index (Phi) is 5.81. The minimum absolute atomic E-state index is 0.0110. The van der Waals surface area contributed by atoms with E-state index >= 15 is 0 Å². The molecule has 0 saturated heterocycles. The van der Waals surface area contributed by atoms with Gasteiger partial charge < -0.3 is 4.74 Å². The molecule has 2 aromatic rings. The van der Waals surface area contributed by atoms with Crippen molar-refractivity contribution in [3.8, 4) is 0 Å². The van der Waals surface area contributed by atoms with E-state index in [1.807, 2.05) is 0 Å². The number of rotatable bonds is 5. The highest BCUT2D eigenvalue weighted by Crippen LogP contribution is 2.32. The summed E-state index contributed by atoms with van der Waals surface area (Å²) >= 11 is 0. The molecule has 0 saturated carbocycles. The monoisotopic (exact) mass is 396 g/mol. The average molecular weight is 396 g/mol. The van der Waals surface area contributed by atoms with Gasteiger partial charge in [0.05, 0.1) is 23.3 Å². The maximum atomic E-state index is 12.9. The summed E-state index contributed by atoms with van der Waals surface area (Å²) in [6.45, 7) is 0.863. The predicted molar refractivity (Wildman–Crippen MR) is 82.0 cm³/mol.